The predicted molar refractivity (Wildman–Crippen MR) is 140 cm³/mol. The Bertz CT molecular complexity index is 837. The van der Waals surface area contributed by atoms with Crippen molar-refractivity contribution in [2.45, 2.75) is 90.6 Å². The van der Waals surface area contributed by atoms with Crippen LogP contribution in [0.25, 0.3) is 0 Å². The molecule has 0 aliphatic heterocycles. The van der Waals surface area contributed by atoms with Crippen LogP contribution in [0.3, 0.4) is 0 Å². The van der Waals surface area contributed by atoms with E-state index in [0.717, 1.165) is 18.4 Å². The molecule has 2 N–H and O–H groups in total. The first-order valence-electron chi connectivity index (χ1n) is 13.0. The monoisotopic (exact) mass is 469 g/mol. The number of ether oxygens (including phenoxy) is 2. The van der Waals surface area contributed by atoms with E-state index in [1.54, 1.807) is 43.5 Å². The molecule has 1 amide bonds. The SMILES string of the molecule is CCCCCCCCCCCCCCOc1cc(C(=O)Nc2cccc(CO)c2)ccc1OC. The highest BCUT2D eigenvalue weighted by molar-refractivity contribution is 6.04. The quantitative estimate of drug-likeness (QED) is 0.222. The molecule has 2 rings (SSSR count). The van der Waals surface area contributed by atoms with Gasteiger partial charge >= 0.3 is 0 Å². The Morgan fingerprint density at radius 2 is 1.47 bits per heavy atom. The van der Waals surface area contributed by atoms with Gasteiger partial charge in [-0.15, -0.1) is 0 Å². The van der Waals surface area contributed by atoms with Crippen molar-refractivity contribution in [1.29, 1.82) is 0 Å². The molecule has 0 fully saturated rings. The summed E-state index contributed by atoms with van der Waals surface area (Å²) in [7, 11) is 1.60. The summed E-state index contributed by atoms with van der Waals surface area (Å²) in [4.78, 5) is 12.7. The minimum absolute atomic E-state index is 0.0661. The van der Waals surface area contributed by atoms with Crippen LogP contribution in [0.15, 0.2) is 42.5 Å². The maximum atomic E-state index is 12.7. The second-order valence-electron chi connectivity index (χ2n) is 8.92. The number of nitrogens with one attached hydrogen (secondary N) is 1. The Balaban J connectivity index is 1.69. The van der Waals surface area contributed by atoms with E-state index in [1.165, 1.54) is 64.2 Å². The molecular formula is C29H43NO4. The number of anilines is 1. The van der Waals surface area contributed by atoms with Gasteiger partial charge in [0.2, 0.25) is 0 Å². The third-order valence-corrected chi connectivity index (χ3v) is 6.05. The number of aliphatic hydroxyl groups is 1. The topological polar surface area (TPSA) is 67.8 Å². The van der Waals surface area contributed by atoms with E-state index in [9.17, 15) is 9.90 Å². The third-order valence-electron chi connectivity index (χ3n) is 6.05. The highest BCUT2D eigenvalue weighted by atomic mass is 16.5. The maximum Gasteiger partial charge on any atom is 0.255 e. The first kappa shape index (κ1) is 27.7. The molecule has 0 radical (unpaired) electrons. The van der Waals surface area contributed by atoms with E-state index in [4.69, 9.17) is 9.47 Å². The van der Waals surface area contributed by atoms with Crippen molar-refractivity contribution < 1.29 is 19.4 Å². The van der Waals surface area contributed by atoms with Crippen molar-refractivity contribution >= 4 is 11.6 Å². The van der Waals surface area contributed by atoms with Crippen molar-refractivity contribution in [3.8, 4) is 11.5 Å². The lowest BCUT2D eigenvalue weighted by Crippen LogP contribution is -2.12. The number of carbonyl (C=O) groups excluding carboxylic acids is 1. The predicted octanol–water partition coefficient (Wildman–Crippen LogP) is 7.52. The maximum absolute atomic E-state index is 12.7. The largest absolute Gasteiger partial charge is 0.493 e. The molecular weight excluding hydrogens is 426 g/mol. The van der Waals surface area contributed by atoms with Gasteiger partial charge in [-0.05, 0) is 42.3 Å². The fourth-order valence-corrected chi connectivity index (χ4v) is 4.01. The second kappa shape index (κ2) is 17.0. The van der Waals surface area contributed by atoms with Crippen LogP contribution < -0.4 is 14.8 Å². The lowest BCUT2D eigenvalue weighted by molar-refractivity contribution is 0.102. The Morgan fingerprint density at radius 3 is 2.09 bits per heavy atom. The van der Waals surface area contributed by atoms with Gasteiger partial charge < -0.3 is 19.9 Å². The molecule has 2 aromatic carbocycles. The van der Waals surface area contributed by atoms with Gasteiger partial charge in [0, 0.05) is 11.3 Å². The summed E-state index contributed by atoms with van der Waals surface area (Å²) < 4.78 is 11.4. The van der Waals surface area contributed by atoms with Crippen molar-refractivity contribution in [2.24, 2.45) is 0 Å². The number of benzene rings is 2. The van der Waals surface area contributed by atoms with Gasteiger partial charge in [0.15, 0.2) is 11.5 Å². The second-order valence-corrected chi connectivity index (χ2v) is 8.92. The molecule has 0 aliphatic carbocycles. The van der Waals surface area contributed by atoms with Gasteiger partial charge in [0.05, 0.1) is 20.3 Å². The minimum atomic E-state index is -0.229. The van der Waals surface area contributed by atoms with Crippen LogP contribution in [0.4, 0.5) is 5.69 Å². The summed E-state index contributed by atoms with van der Waals surface area (Å²) in [6.07, 6.45) is 15.6. The molecule has 0 atom stereocenters. The first-order chi connectivity index (χ1) is 16.7. The van der Waals surface area contributed by atoms with Crippen LogP contribution in [0.1, 0.15) is 99.9 Å². The van der Waals surface area contributed by atoms with Crippen molar-refractivity contribution in [3.05, 3.63) is 53.6 Å². The van der Waals surface area contributed by atoms with Crippen LogP contribution >= 0.6 is 0 Å². The van der Waals surface area contributed by atoms with E-state index in [1.807, 2.05) is 6.07 Å². The summed E-state index contributed by atoms with van der Waals surface area (Å²) in [5.41, 5.74) is 1.89. The van der Waals surface area contributed by atoms with E-state index in [2.05, 4.69) is 12.2 Å². The molecule has 0 heterocycles. The van der Waals surface area contributed by atoms with Gasteiger partial charge in [-0.3, -0.25) is 4.79 Å². The van der Waals surface area contributed by atoms with Crippen LogP contribution in [-0.2, 0) is 6.61 Å². The Hall–Kier alpha value is -2.53. The summed E-state index contributed by atoms with van der Waals surface area (Å²) in [5, 5.41) is 12.2. The van der Waals surface area contributed by atoms with E-state index in [0.29, 0.717) is 29.4 Å². The normalized spacial score (nSPS) is 10.8. The third kappa shape index (κ3) is 10.6. The zero-order valence-electron chi connectivity index (χ0n) is 21.1. The highest BCUT2D eigenvalue weighted by Crippen LogP contribution is 2.29. The molecule has 0 aromatic heterocycles. The van der Waals surface area contributed by atoms with Crippen LogP contribution in [0.5, 0.6) is 11.5 Å². The van der Waals surface area contributed by atoms with E-state index >= 15 is 0 Å². The van der Waals surface area contributed by atoms with Crippen LogP contribution in [0, 0.1) is 0 Å². The summed E-state index contributed by atoms with van der Waals surface area (Å²) in [6, 6.07) is 12.4. The van der Waals surface area contributed by atoms with Gasteiger partial charge in [0.1, 0.15) is 0 Å². The Morgan fingerprint density at radius 1 is 0.824 bits per heavy atom. The molecule has 0 bridgehead atoms. The van der Waals surface area contributed by atoms with Crippen molar-refractivity contribution in [3.63, 3.8) is 0 Å². The highest BCUT2D eigenvalue weighted by Gasteiger charge is 2.12. The zero-order chi connectivity index (χ0) is 24.4. The van der Waals surface area contributed by atoms with Crippen LogP contribution in [0.2, 0.25) is 0 Å². The number of hydrogen-bond donors (Lipinski definition) is 2. The van der Waals surface area contributed by atoms with Gasteiger partial charge in [-0.25, -0.2) is 0 Å². The molecule has 2 aromatic rings. The van der Waals surface area contributed by atoms with Gasteiger partial charge in [0.25, 0.3) is 5.91 Å². The van der Waals surface area contributed by atoms with Gasteiger partial charge in [-0.1, -0.05) is 89.7 Å². The number of rotatable bonds is 18. The summed E-state index contributed by atoms with van der Waals surface area (Å²) in [5.74, 6) is 0.980. The first-order valence-corrected chi connectivity index (χ1v) is 13.0. The average molecular weight is 470 g/mol. The molecule has 0 unspecified atom stereocenters. The molecule has 34 heavy (non-hydrogen) atoms. The summed E-state index contributed by atoms with van der Waals surface area (Å²) >= 11 is 0. The molecule has 188 valence electrons. The molecule has 5 heteroatoms. The molecule has 0 aliphatic rings. The number of amides is 1. The molecule has 0 spiro atoms. The van der Waals surface area contributed by atoms with E-state index in [-0.39, 0.29) is 12.5 Å². The zero-order valence-corrected chi connectivity index (χ0v) is 21.1. The van der Waals surface area contributed by atoms with Crippen molar-refractivity contribution in [1.82, 2.24) is 0 Å². The van der Waals surface area contributed by atoms with Gasteiger partial charge in [-0.2, -0.15) is 0 Å². The molecule has 5 nitrogen and oxygen atoms in total. The number of aliphatic hydroxyl groups excluding tert-OH is 1. The fourth-order valence-electron chi connectivity index (χ4n) is 4.01. The standard InChI is InChI=1S/C29H43NO4/c1-3-4-5-6-7-8-9-10-11-12-13-14-20-34-28-22-25(18-19-27(28)33-2)29(32)30-26-17-15-16-24(21-26)23-31/h15-19,21-22,31H,3-14,20,23H2,1-2H3,(H,30,32). The average Bonchev–Trinajstić information content (AvgIpc) is 2.86. The fraction of sp³-hybridized carbons (Fsp3) is 0.552. The smallest absolute Gasteiger partial charge is 0.255 e. The summed E-state index contributed by atoms with van der Waals surface area (Å²) in [6.45, 7) is 2.81. The number of methoxy groups -OCH3 is 1. The lowest BCUT2D eigenvalue weighted by Gasteiger charge is -2.13. The number of unbranched alkanes of at least 4 members (excludes halogenated alkanes) is 11. The lowest BCUT2D eigenvalue weighted by atomic mass is 10.1. The minimum Gasteiger partial charge on any atom is -0.493 e. The van der Waals surface area contributed by atoms with Crippen LogP contribution in [-0.4, -0.2) is 24.7 Å². The van der Waals surface area contributed by atoms with Crippen molar-refractivity contribution in [2.75, 3.05) is 19.0 Å². The molecule has 0 saturated heterocycles. The number of carbonyl (C=O) groups is 1. The van der Waals surface area contributed by atoms with E-state index < -0.39 is 0 Å². The number of hydrogen-bond acceptors (Lipinski definition) is 4. The molecule has 0 saturated carbocycles. The Kier molecular flexibility index (Phi) is 13.8. The Labute approximate surface area is 205 Å².